The lowest BCUT2D eigenvalue weighted by Crippen LogP contribution is -2.30. The molecule has 3 aromatic rings. The maximum Gasteiger partial charge on any atom is 0.343 e. The van der Waals surface area contributed by atoms with Crippen LogP contribution < -0.4 is 23.7 Å². The fourth-order valence-corrected chi connectivity index (χ4v) is 6.86. The van der Waals surface area contributed by atoms with Gasteiger partial charge < -0.3 is 56.8 Å². The van der Waals surface area contributed by atoms with E-state index in [1.807, 2.05) is 0 Å². The summed E-state index contributed by atoms with van der Waals surface area (Å²) in [5.74, 6) is -7.99. The summed E-state index contributed by atoms with van der Waals surface area (Å²) in [6.07, 6.45) is 2.55. The molecule has 75 heavy (non-hydrogen) atoms. The summed E-state index contributed by atoms with van der Waals surface area (Å²) in [4.78, 5) is 114. The normalized spacial score (nSPS) is 14.1. The quantitative estimate of drug-likeness (QED) is 0.0210. The third-order valence-corrected chi connectivity index (χ3v) is 10.7. The van der Waals surface area contributed by atoms with E-state index in [0.717, 1.165) is 12.2 Å². The second-order valence-electron chi connectivity index (χ2n) is 16.3. The first-order valence-corrected chi connectivity index (χ1v) is 24.3. The lowest BCUT2D eigenvalue weighted by Gasteiger charge is -2.26. The average Bonchev–Trinajstić information content (AvgIpc) is 3.41. The zero-order valence-electron chi connectivity index (χ0n) is 42.2. The van der Waals surface area contributed by atoms with Gasteiger partial charge in [0.15, 0.2) is 0 Å². The minimum absolute atomic E-state index is 0.0300. The third-order valence-electron chi connectivity index (χ3n) is 10.7. The number of unbranched alkanes of at least 4 members (excludes halogenated alkanes) is 1. The first-order valence-electron chi connectivity index (χ1n) is 24.3. The van der Waals surface area contributed by atoms with Crippen molar-refractivity contribution in [2.24, 2.45) is 11.8 Å². The summed E-state index contributed by atoms with van der Waals surface area (Å²) in [7, 11) is 0. The van der Waals surface area contributed by atoms with Crippen molar-refractivity contribution in [2.75, 3.05) is 59.5 Å². The molecule has 21 nitrogen and oxygen atoms in total. The molecule has 0 N–H and O–H groups in total. The molecule has 1 saturated carbocycles. The van der Waals surface area contributed by atoms with E-state index in [9.17, 15) is 43.2 Å². The third kappa shape index (κ3) is 21.2. The summed E-state index contributed by atoms with van der Waals surface area (Å²) in [5.41, 5.74) is -0.301. The minimum Gasteiger partial charge on any atom is -0.494 e. The first-order chi connectivity index (χ1) is 36.1. The van der Waals surface area contributed by atoms with Crippen molar-refractivity contribution in [1.82, 2.24) is 0 Å². The van der Waals surface area contributed by atoms with E-state index in [2.05, 4.69) is 13.2 Å². The predicted molar refractivity (Wildman–Crippen MR) is 262 cm³/mol. The van der Waals surface area contributed by atoms with E-state index >= 15 is 0 Å². The molecule has 3 aromatic carbocycles. The summed E-state index contributed by atoms with van der Waals surface area (Å²) in [6.45, 7) is 12.7. The molecule has 0 saturated heterocycles. The molecule has 0 aliphatic heterocycles. The highest BCUT2D eigenvalue weighted by molar-refractivity contribution is 5.97. The van der Waals surface area contributed by atoms with Gasteiger partial charge in [-0.2, -0.15) is 0 Å². The van der Waals surface area contributed by atoms with Gasteiger partial charge in [-0.15, -0.1) is 0 Å². The van der Waals surface area contributed by atoms with Crippen LogP contribution in [-0.4, -0.2) is 119 Å². The molecule has 0 spiro atoms. The first kappa shape index (κ1) is 59.7. The monoisotopic (exact) mass is 1050 g/mol. The fourth-order valence-electron chi connectivity index (χ4n) is 6.86. The maximum absolute atomic E-state index is 13.5. The van der Waals surface area contributed by atoms with Crippen LogP contribution in [0, 0.1) is 11.8 Å². The van der Waals surface area contributed by atoms with Gasteiger partial charge in [0.1, 0.15) is 65.8 Å². The molecule has 404 valence electrons. The largest absolute Gasteiger partial charge is 0.494 e. The molecule has 1 fully saturated rings. The Bertz CT molecular complexity index is 2450. The van der Waals surface area contributed by atoms with Gasteiger partial charge in [0, 0.05) is 25.4 Å². The molecule has 21 heteroatoms. The SMILES string of the molecule is C=CC(=O)OCCCCOc1ccc(C(=O)Oc2ccc(OC(=O)C3CCC(C(=O)Oc4ccc(OC(=O)CCC(=O)OC(C)COC(=O)C=C)c(C(=O)OCCOCC)c4)CC3)cc2C(=O)OCCOCC)cc1. The second-order valence-corrected chi connectivity index (χ2v) is 16.3. The van der Waals surface area contributed by atoms with Gasteiger partial charge in [-0.05, 0) is 120 Å². The van der Waals surface area contributed by atoms with Crippen LogP contribution in [0.2, 0.25) is 0 Å². The molecule has 0 bridgehead atoms. The molecule has 0 aromatic heterocycles. The molecule has 0 radical (unpaired) electrons. The van der Waals surface area contributed by atoms with E-state index in [0.29, 0.717) is 38.4 Å². The Hall–Kier alpha value is -7.91. The van der Waals surface area contributed by atoms with Gasteiger partial charge in [-0.25, -0.2) is 24.0 Å². The van der Waals surface area contributed by atoms with Crippen LogP contribution in [0.15, 0.2) is 86.0 Å². The average molecular weight is 1050 g/mol. The van der Waals surface area contributed by atoms with E-state index in [-0.39, 0.29) is 111 Å². The van der Waals surface area contributed by atoms with Crippen molar-refractivity contribution >= 4 is 53.7 Å². The molecule has 0 heterocycles. The summed E-state index contributed by atoms with van der Waals surface area (Å²) in [5, 5.41) is 0. The molecule has 1 atom stereocenters. The van der Waals surface area contributed by atoms with Crippen LogP contribution >= 0.6 is 0 Å². The fraction of sp³-hybridized carbons (Fsp3) is 0.426. The Morgan fingerprint density at radius 2 is 1.01 bits per heavy atom. The highest BCUT2D eigenvalue weighted by Gasteiger charge is 2.33. The number of hydrogen-bond donors (Lipinski definition) is 0. The molecule has 1 aliphatic rings. The van der Waals surface area contributed by atoms with Gasteiger partial charge in [0.05, 0.1) is 56.7 Å². The van der Waals surface area contributed by atoms with Crippen molar-refractivity contribution in [1.29, 1.82) is 0 Å². The standard InChI is InChI=1S/C54H62O21/c1-6-46(55)67-27-11-10-26-66-39-18-16-38(17-19-39)52(61)75-45-23-21-41(33-43(45)54(63)69-31-29-65-9-4)73-51(60)37-14-12-36(13-15-37)50(59)72-40-20-22-44(42(32-40)53(62)68-30-28-64-8-3)74-49(58)25-24-48(57)71-35(5)34-70-47(56)7-2/h6-7,16-23,32-33,35-37H,1-2,8-15,24-31,34H2,3-5H3. The Kier molecular flexibility index (Phi) is 25.7. The molecule has 4 rings (SSSR count). The molecule has 1 unspecified atom stereocenters. The Balaban J connectivity index is 1.35. The topological polar surface area (TPSA) is 264 Å². The van der Waals surface area contributed by atoms with E-state index in [4.69, 9.17) is 56.8 Å². The van der Waals surface area contributed by atoms with Crippen LogP contribution in [-0.2, 0) is 61.9 Å². The number of hydrogen-bond acceptors (Lipinski definition) is 21. The second kappa shape index (κ2) is 32.3. The van der Waals surface area contributed by atoms with E-state index in [1.165, 1.54) is 55.5 Å². The lowest BCUT2D eigenvalue weighted by atomic mass is 9.82. The van der Waals surface area contributed by atoms with Crippen LogP contribution in [0.4, 0.5) is 0 Å². The Morgan fingerprint density at radius 1 is 0.533 bits per heavy atom. The zero-order chi connectivity index (χ0) is 54.5. The summed E-state index contributed by atoms with van der Waals surface area (Å²) in [6, 6.07) is 13.7. The summed E-state index contributed by atoms with van der Waals surface area (Å²) >= 11 is 0. The van der Waals surface area contributed by atoms with Gasteiger partial charge in [0.2, 0.25) is 0 Å². The van der Waals surface area contributed by atoms with Crippen molar-refractivity contribution < 1.29 is 100.0 Å². The van der Waals surface area contributed by atoms with Crippen LogP contribution in [0.5, 0.6) is 28.7 Å². The van der Waals surface area contributed by atoms with Crippen LogP contribution in [0.3, 0.4) is 0 Å². The lowest BCUT2D eigenvalue weighted by molar-refractivity contribution is -0.156. The van der Waals surface area contributed by atoms with Crippen LogP contribution in [0.1, 0.15) is 103 Å². The molecular formula is C54H62O21. The zero-order valence-corrected chi connectivity index (χ0v) is 42.2. The highest BCUT2D eigenvalue weighted by atomic mass is 16.6. The number of carbonyl (C=O) groups excluding carboxylic acids is 9. The molecule has 0 amide bonds. The van der Waals surface area contributed by atoms with Gasteiger partial charge in [-0.3, -0.25) is 19.2 Å². The number of esters is 9. The smallest absolute Gasteiger partial charge is 0.343 e. The molecule has 1 aliphatic carbocycles. The Labute approximate surface area is 433 Å². The number of carbonyl (C=O) groups is 9. The van der Waals surface area contributed by atoms with E-state index < -0.39 is 78.1 Å². The summed E-state index contributed by atoms with van der Waals surface area (Å²) < 4.78 is 64.1. The Morgan fingerprint density at radius 3 is 1.53 bits per heavy atom. The van der Waals surface area contributed by atoms with Gasteiger partial charge in [-0.1, -0.05) is 13.2 Å². The number of rotatable bonds is 31. The van der Waals surface area contributed by atoms with Crippen molar-refractivity contribution in [3.8, 4) is 28.7 Å². The van der Waals surface area contributed by atoms with Crippen molar-refractivity contribution in [3.05, 3.63) is 103 Å². The van der Waals surface area contributed by atoms with Gasteiger partial charge >= 0.3 is 53.7 Å². The van der Waals surface area contributed by atoms with E-state index in [1.54, 1.807) is 26.0 Å². The number of benzene rings is 3. The predicted octanol–water partition coefficient (Wildman–Crippen LogP) is 6.84. The highest BCUT2D eigenvalue weighted by Crippen LogP contribution is 2.34. The van der Waals surface area contributed by atoms with Crippen molar-refractivity contribution in [3.63, 3.8) is 0 Å². The maximum atomic E-state index is 13.5. The number of ether oxygens (including phenoxy) is 12. The molecular weight excluding hydrogens is 985 g/mol. The van der Waals surface area contributed by atoms with Gasteiger partial charge in [0.25, 0.3) is 0 Å². The van der Waals surface area contributed by atoms with Crippen molar-refractivity contribution in [2.45, 2.75) is 78.2 Å². The van der Waals surface area contributed by atoms with Crippen LogP contribution in [0.25, 0.3) is 0 Å². The minimum atomic E-state index is -0.914.